The fourth-order valence-electron chi connectivity index (χ4n) is 2.85. The summed E-state index contributed by atoms with van der Waals surface area (Å²) in [5.41, 5.74) is 2.57. The van der Waals surface area contributed by atoms with Gasteiger partial charge in [-0.1, -0.05) is 34.1 Å². The van der Waals surface area contributed by atoms with Crippen LogP contribution in [0.25, 0.3) is 22.2 Å². The van der Waals surface area contributed by atoms with E-state index in [-0.39, 0.29) is 4.90 Å². The number of nitrogens with zero attached hydrogens (tertiary/aromatic N) is 3. The van der Waals surface area contributed by atoms with Crippen LogP contribution in [0, 0.1) is 6.92 Å². The Morgan fingerprint density at radius 3 is 2.46 bits per heavy atom. The van der Waals surface area contributed by atoms with E-state index in [1.165, 1.54) is 0 Å². The molecule has 0 saturated heterocycles. The number of rotatable bonds is 4. The van der Waals surface area contributed by atoms with Crippen LogP contribution < -0.4 is 4.72 Å². The maximum absolute atomic E-state index is 12.9. The van der Waals surface area contributed by atoms with Crippen molar-refractivity contribution in [2.24, 2.45) is 0 Å². The van der Waals surface area contributed by atoms with Crippen molar-refractivity contribution in [2.75, 3.05) is 4.72 Å². The highest BCUT2D eigenvalue weighted by Gasteiger charge is 2.17. The molecule has 0 atom stereocenters. The average Bonchev–Trinajstić information content (AvgIpc) is 2.70. The van der Waals surface area contributed by atoms with E-state index in [0.29, 0.717) is 17.0 Å². The van der Waals surface area contributed by atoms with Gasteiger partial charge in [0.25, 0.3) is 10.0 Å². The lowest BCUT2D eigenvalue weighted by molar-refractivity contribution is 0.601. The van der Waals surface area contributed by atoms with Gasteiger partial charge in [-0.25, -0.2) is 18.4 Å². The molecule has 0 bridgehead atoms. The Labute approximate surface area is 170 Å². The first-order valence-corrected chi connectivity index (χ1v) is 10.7. The summed E-state index contributed by atoms with van der Waals surface area (Å²) in [6.07, 6.45) is 3.31. The van der Waals surface area contributed by atoms with Gasteiger partial charge in [0.2, 0.25) is 0 Å². The highest BCUT2D eigenvalue weighted by molar-refractivity contribution is 9.10. The second-order valence-corrected chi connectivity index (χ2v) is 8.65. The second kappa shape index (κ2) is 7.29. The monoisotopic (exact) mass is 454 g/mol. The smallest absolute Gasteiger partial charge is 0.261 e. The lowest BCUT2D eigenvalue weighted by atomic mass is 10.1. The molecule has 0 amide bonds. The second-order valence-electron chi connectivity index (χ2n) is 6.11. The lowest BCUT2D eigenvalue weighted by Gasteiger charge is -2.11. The third-order valence-electron chi connectivity index (χ3n) is 4.20. The third kappa shape index (κ3) is 3.61. The molecule has 0 unspecified atom stereocenters. The standard InChI is InChI=1S/C20H15BrN4O2S/c1-13-22-12-10-18(24-13)14-4-6-15(7-5-14)28(26,27)25-19-9-8-17(21)16-3-2-11-23-20(16)19/h2-12,25H,1H3. The molecule has 28 heavy (non-hydrogen) atoms. The van der Waals surface area contributed by atoms with E-state index in [2.05, 4.69) is 35.6 Å². The average molecular weight is 455 g/mol. The van der Waals surface area contributed by atoms with Gasteiger partial charge in [0.05, 0.1) is 21.8 Å². The summed E-state index contributed by atoms with van der Waals surface area (Å²) < 4.78 is 29.2. The molecule has 2 aromatic carbocycles. The highest BCUT2D eigenvalue weighted by Crippen LogP contribution is 2.30. The zero-order valence-electron chi connectivity index (χ0n) is 14.8. The number of aromatic nitrogens is 3. The predicted molar refractivity (Wildman–Crippen MR) is 112 cm³/mol. The van der Waals surface area contributed by atoms with E-state index >= 15 is 0 Å². The summed E-state index contributed by atoms with van der Waals surface area (Å²) in [7, 11) is -3.76. The molecule has 0 aliphatic rings. The Morgan fingerprint density at radius 1 is 0.929 bits per heavy atom. The molecule has 0 saturated carbocycles. The molecule has 0 aliphatic carbocycles. The molecular weight excluding hydrogens is 440 g/mol. The Morgan fingerprint density at radius 2 is 1.71 bits per heavy atom. The van der Waals surface area contributed by atoms with Crippen LogP contribution in [0.5, 0.6) is 0 Å². The molecule has 8 heteroatoms. The summed E-state index contributed by atoms with van der Waals surface area (Å²) in [6.45, 7) is 1.81. The van der Waals surface area contributed by atoms with Gasteiger partial charge in [0.1, 0.15) is 5.82 Å². The van der Waals surface area contributed by atoms with Crippen molar-refractivity contribution < 1.29 is 8.42 Å². The van der Waals surface area contributed by atoms with Gasteiger partial charge in [-0.2, -0.15) is 0 Å². The molecule has 4 rings (SSSR count). The van der Waals surface area contributed by atoms with Crippen molar-refractivity contribution in [1.82, 2.24) is 15.0 Å². The number of nitrogens with one attached hydrogen (secondary N) is 1. The maximum atomic E-state index is 12.9. The van der Waals surface area contributed by atoms with Crippen LogP contribution in [0.3, 0.4) is 0 Å². The Hall–Kier alpha value is -2.84. The van der Waals surface area contributed by atoms with Crippen molar-refractivity contribution in [2.45, 2.75) is 11.8 Å². The number of pyridine rings is 1. The van der Waals surface area contributed by atoms with Crippen molar-refractivity contribution in [1.29, 1.82) is 0 Å². The van der Waals surface area contributed by atoms with Gasteiger partial charge < -0.3 is 0 Å². The molecule has 2 aromatic heterocycles. The summed E-state index contributed by atoms with van der Waals surface area (Å²) in [5.74, 6) is 0.658. The predicted octanol–water partition coefficient (Wildman–Crippen LogP) is 4.56. The van der Waals surface area contributed by atoms with Crippen molar-refractivity contribution in [3.05, 3.63) is 77.3 Å². The zero-order chi connectivity index (χ0) is 19.7. The minimum Gasteiger partial charge on any atom is -0.277 e. The van der Waals surface area contributed by atoms with E-state index in [1.54, 1.807) is 60.9 Å². The van der Waals surface area contributed by atoms with E-state index in [0.717, 1.165) is 21.1 Å². The van der Waals surface area contributed by atoms with Crippen LogP contribution >= 0.6 is 15.9 Å². The number of aryl methyl sites for hydroxylation is 1. The number of benzene rings is 2. The molecule has 4 aromatic rings. The third-order valence-corrected chi connectivity index (χ3v) is 6.27. The largest absolute Gasteiger partial charge is 0.277 e. The molecular formula is C20H15BrN4O2S. The molecule has 6 nitrogen and oxygen atoms in total. The quantitative estimate of drug-likeness (QED) is 0.488. The van der Waals surface area contributed by atoms with Crippen LogP contribution in [0.2, 0.25) is 0 Å². The number of sulfonamides is 1. The van der Waals surface area contributed by atoms with Gasteiger partial charge in [-0.3, -0.25) is 9.71 Å². The number of anilines is 1. The first kappa shape index (κ1) is 18.5. The Bertz CT molecular complexity index is 1280. The SMILES string of the molecule is Cc1nccc(-c2ccc(S(=O)(=O)Nc3ccc(Br)c4cccnc34)cc2)n1. The summed E-state index contributed by atoms with van der Waals surface area (Å²) in [6, 6.07) is 15.5. The number of fused-ring (bicyclic) bond motifs is 1. The first-order chi connectivity index (χ1) is 13.4. The number of hydrogen-bond donors (Lipinski definition) is 1. The van der Waals surface area contributed by atoms with E-state index in [4.69, 9.17) is 0 Å². The van der Waals surface area contributed by atoms with Crippen molar-refractivity contribution in [3.8, 4) is 11.3 Å². The zero-order valence-corrected chi connectivity index (χ0v) is 17.2. The maximum Gasteiger partial charge on any atom is 0.261 e. The molecule has 2 heterocycles. The Kier molecular flexibility index (Phi) is 4.82. The van der Waals surface area contributed by atoms with Crippen LogP contribution in [-0.2, 0) is 10.0 Å². The van der Waals surface area contributed by atoms with Crippen LogP contribution in [0.15, 0.2) is 76.4 Å². The van der Waals surface area contributed by atoms with Crippen LogP contribution in [-0.4, -0.2) is 23.4 Å². The van der Waals surface area contributed by atoms with E-state index in [1.807, 2.05) is 13.0 Å². The minimum absolute atomic E-state index is 0.161. The molecule has 140 valence electrons. The van der Waals surface area contributed by atoms with Gasteiger partial charge >= 0.3 is 0 Å². The van der Waals surface area contributed by atoms with Gasteiger partial charge in [0, 0.05) is 27.8 Å². The molecule has 0 radical (unpaired) electrons. The first-order valence-electron chi connectivity index (χ1n) is 8.40. The van der Waals surface area contributed by atoms with Gasteiger partial charge in [-0.15, -0.1) is 0 Å². The van der Waals surface area contributed by atoms with Gasteiger partial charge in [0.15, 0.2) is 0 Å². The molecule has 0 spiro atoms. The molecule has 0 aliphatic heterocycles. The van der Waals surface area contributed by atoms with Gasteiger partial charge in [-0.05, 0) is 43.3 Å². The lowest BCUT2D eigenvalue weighted by Crippen LogP contribution is -2.13. The highest BCUT2D eigenvalue weighted by atomic mass is 79.9. The summed E-state index contributed by atoms with van der Waals surface area (Å²) >= 11 is 3.46. The van der Waals surface area contributed by atoms with Crippen molar-refractivity contribution >= 4 is 42.5 Å². The minimum atomic E-state index is -3.76. The number of halogens is 1. The molecule has 1 N–H and O–H groups in total. The normalized spacial score (nSPS) is 11.5. The topological polar surface area (TPSA) is 84.8 Å². The fraction of sp³-hybridized carbons (Fsp3) is 0.0500. The van der Waals surface area contributed by atoms with E-state index < -0.39 is 10.0 Å². The summed E-state index contributed by atoms with van der Waals surface area (Å²) in [5, 5.41) is 0.831. The fourth-order valence-corrected chi connectivity index (χ4v) is 4.36. The number of hydrogen-bond acceptors (Lipinski definition) is 5. The molecule has 0 fully saturated rings. The van der Waals surface area contributed by atoms with Crippen LogP contribution in [0.1, 0.15) is 5.82 Å². The van der Waals surface area contributed by atoms with Crippen molar-refractivity contribution in [3.63, 3.8) is 0 Å². The summed E-state index contributed by atoms with van der Waals surface area (Å²) in [4.78, 5) is 12.9. The van der Waals surface area contributed by atoms with Crippen LogP contribution in [0.4, 0.5) is 5.69 Å². The Balaban J connectivity index is 1.67. The van der Waals surface area contributed by atoms with E-state index in [9.17, 15) is 8.42 Å².